The molecule has 0 rings (SSSR count). The molecule has 17 heavy (non-hydrogen) atoms. The molecule has 0 aliphatic heterocycles. The van der Waals surface area contributed by atoms with Gasteiger partial charge in [0.1, 0.15) is 0 Å². The number of ether oxygens (including phenoxy) is 1. The second-order valence-corrected chi connectivity index (χ2v) is 6.44. The molecule has 0 saturated heterocycles. The van der Waals surface area contributed by atoms with Gasteiger partial charge in [-0.1, -0.05) is 48.0 Å². The summed E-state index contributed by atoms with van der Waals surface area (Å²) in [6.07, 6.45) is 3.95. The van der Waals surface area contributed by atoms with E-state index in [0.29, 0.717) is 12.0 Å². The van der Waals surface area contributed by atoms with Crippen LogP contribution in [0, 0.1) is 10.8 Å². The van der Waals surface area contributed by atoms with Crippen LogP contribution < -0.4 is 0 Å². The summed E-state index contributed by atoms with van der Waals surface area (Å²) in [5, 5.41) is 9.48. The number of rotatable bonds is 9. The summed E-state index contributed by atoms with van der Waals surface area (Å²) in [7, 11) is 0. The van der Waals surface area contributed by atoms with Crippen molar-refractivity contribution in [3.05, 3.63) is 0 Å². The molecular weight excluding hydrogens is 212 g/mol. The van der Waals surface area contributed by atoms with Crippen LogP contribution in [0.3, 0.4) is 0 Å². The van der Waals surface area contributed by atoms with E-state index in [1.807, 2.05) is 6.92 Å². The lowest BCUT2D eigenvalue weighted by molar-refractivity contribution is -0.0187. The highest BCUT2D eigenvalue weighted by molar-refractivity contribution is 4.80. The highest BCUT2D eigenvalue weighted by Gasteiger charge is 2.30. The molecular formula is C15H32O2. The van der Waals surface area contributed by atoms with Gasteiger partial charge >= 0.3 is 0 Å². The van der Waals surface area contributed by atoms with Crippen molar-refractivity contribution in [2.75, 3.05) is 13.2 Å². The summed E-state index contributed by atoms with van der Waals surface area (Å²) in [6, 6.07) is 0. The number of aliphatic hydroxyl groups is 1. The predicted molar refractivity (Wildman–Crippen MR) is 74.2 cm³/mol. The SMILES string of the molecule is CCC(O)COCC(C)(CC)CC(C)(C)CC. The maximum Gasteiger partial charge on any atom is 0.0771 e. The lowest BCUT2D eigenvalue weighted by Crippen LogP contribution is -2.30. The summed E-state index contributed by atoms with van der Waals surface area (Å²) in [4.78, 5) is 0. The van der Waals surface area contributed by atoms with Crippen molar-refractivity contribution < 1.29 is 9.84 Å². The van der Waals surface area contributed by atoms with Gasteiger partial charge < -0.3 is 9.84 Å². The molecule has 0 aliphatic rings. The fourth-order valence-corrected chi connectivity index (χ4v) is 2.12. The van der Waals surface area contributed by atoms with Crippen LogP contribution in [-0.4, -0.2) is 24.4 Å². The van der Waals surface area contributed by atoms with Crippen LogP contribution >= 0.6 is 0 Å². The first-order valence-corrected chi connectivity index (χ1v) is 7.04. The third-order valence-electron chi connectivity index (χ3n) is 3.95. The second-order valence-electron chi connectivity index (χ2n) is 6.44. The molecule has 2 unspecified atom stereocenters. The minimum absolute atomic E-state index is 0.229. The van der Waals surface area contributed by atoms with E-state index >= 15 is 0 Å². The van der Waals surface area contributed by atoms with Gasteiger partial charge in [-0.3, -0.25) is 0 Å². The Morgan fingerprint density at radius 3 is 2.06 bits per heavy atom. The second kappa shape index (κ2) is 7.38. The van der Waals surface area contributed by atoms with E-state index < -0.39 is 0 Å². The number of aliphatic hydroxyl groups excluding tert-OH is 1. The van der Waals surface area contributed by atoms with Crippen LogP contribution in [0.15, 0.2) is 0 Å². The van der Waals surface area contributed by atoms with E-state index in [0.717, 1.165) is 19.4 Å². The molecule has 1 N–H and O–H groups in total. The van der Waals surface area contributed by atoms with Gasteiger partial charge in [-0.15, -0.1) is 0 Å². The molecule has 0 aromatic carbocycles. The van der Waals surface area contributed by atoms with Crippen molar-refractivity contribution in [3.8, 4) is 0 Å². The molecule has 0 aliphatic carbocycles. The average molecular weight is 244 g/mol. The zero-order chi connectivity index (χ0) is 13.5. The van der Waals surface area contributed by atoms with Gasteiger partial charge in [0.15, 0.2) is 0 Å². The highest BCUT2D eigenvalue weighted by Crippen LogP contribution is 2.38. The molecule has 2 atom stereocenters. The fraction of sp³-hybridized carbons (Fsp3) is 1.00. The fourth-order valence-electron chi connectivity index (χ4n) is 2.12. The first kappa shape index (κ1) is 16.9. The quantitative estimate of drug-likeness (QED) is 0.664. The highest BCUT2D eigenvalue weighted by atomic mass is 16.5. The van der Waals surface area contributed by atoms with E-state index in [1.54, 1.807) is 0 Å². The van der Waals surface area contributed by atoms with E-state index in [9.17, 15) is 5.11 Å². The molecule has 104 valence electrons. The topological polar surface area (TPSA) is 29.5 Å². The Bertz CT molecular complexity index is 201. The van der Waals surface area contributed by atoms with Gasteiger partial charge in [-0.05, 0) is 30.1 Å². The molecule has 2 heteroatoms. The maximum absolute atomic E-state index is 9.48. The van der Waals surface area contributed by atoms with Crippen molar-refractivity contribution in [1.82, 2.24) is 0 Å². The molecule has 0 aromatic rings. The van der Waals surface area contributed by atoms with Gasteiger partial charge in [0, 0.05) is 0 Å². The normalized spacial score (nSPS) is 17.8. The van der Waals surface area contributed by atoms with Gasteiger partial charge in [-0.25, -0.2) is 0 Å². The summed E-state index contributed by atoms with van der Waals surface area (Å²) in [6.45, 7) is 14.6. The average Bonchev–Trinajstić information content (AvgIpc) is 2.28. The van der Waals surface area contributed by atoms with E-state index in [2.05, 4.69) is 34.6 Å². The minimum atomic E-state index is -0.310. The van der Waals surface area contributed by atoms with Crippen molar-refractivity contribution in [1.29, 1.82) is 0 Å². The van der Waals surface area contributed by atoms with Crippen LogP contribution in [0.1, 0.15) is 67.2 Å². The Balaban J connectivity index is 4.19. The Morgan fingerprint density at radius 1 is 1.06 bits per heavy atom. The van der Waals surface area contributed by atoms with Crippen LogP contribution in [0.25, 0.3) is 0 Å². The molecule has 0 radical (unpaired) electrons. The Hall–Kier alpha value is -0.0800. The maximum atomic E-state index is 9.48. The smallest absolute Gasteiger partial charge is 0.0771 e. The zero-order valence-corrected chi connectivity index (χ0v) is 12.7. The van der Waals surface area contributed by atoms with Crippen molar-refractivity contribution in [2.24, 2.45) is 10.8 Å². The van der Waals surface area contributed by atoms with Crippen molar-refractivity contribution in [3.63, 3.8) is 0 Å². The molecule has 2 nitrogen and oxygen atoms in total. The van der Waals surface area contributed by atoms with E-state index in [-0.39, 0.29) is 11.5 Å². The molecule has 0 spiro atoms. The van der Waals surface area contributed by atoms with Gasteiger partial charge in [0.05, 0.1) is 19.3 Å². The third-order valence-corrected chi connectivity index (χ3v) is 3.95. The van der Waals surface area contributed by atoms with E-state index in [1.165, 1.54) is 12.8 Å². The predicted octanol–water partition coefficient (Wildman–Crippen LogP) is 4.02. The van der Waals surface area contributed by atoms with Crippen LogP contribution in [0.4, 0.5) is 0 Å². The minimum Gasteiger partial charge on any atom is -0.391 e. The number of hydrogen-bond acceptors (Lipinski definition) is 2. The Kier molecular flexibility index (Phi) is 7.34. The van der Waals surface area contributed by atoms with Crippen LogP contribution in [0.2, 0.25) is 0 Å². The molecule has 0 aromatic heterocycles. The molecule has 0 fully saturated rings. The Morgan fingerprint density at radius 2 is 1.65 bits per heavy atom. The van der Waals surface area contributed by atoms with Crippen molar-refractivity contribution >= 4 is 0 Å². The van der Waals surface area contributed by atoms with Gasteiger partial charge in [0.25, 0.3) is 0 Å². The van der Waals surface area contributed by atoms with Gasteiger partial charge in [-0.2, -0.15) is 0 Å². The lowest BCUT2D eigenvalue weighted by atomic mass is 9.72. The van der Waals surface area contributed by atoms with Crippen LogP contribution in [-0.2, 0) is 4.74 Å². The standard InChI is InChI=1S/C15H32O2/c1-7-13(16)10-17-12-15(6,9-3)11-14(4,5)8-2/h13,16H,7-12H2,1-6H3. The molecule has 0 bridgehead atoms. The van der Waals surface area contributed by atoms with E-state index in [4.69, 9.17) is 4.74 Å². The number of hydrogen-bond donors (Lipinski definition) is 1. The van der Waals surface area contributed by atoms with Gasteiger partial charge in [0.2, 0.25) is 0 Å². The van der Waals surface area contributed by atoms with Crippen molar-refractivity contribution in [2.45, 2.75) is 73.3 Å². The summed E-state index contributed by atoms with van der Waals surface area (Å²) in [5.41, 5.74) is 0.602. The summed E-state index contributed by atoms with van der Waals surface area (Å²) < 4.78 is 5.68. The zero-order valence-electron chi connectivity index (χ0n) is 12.7. The summed E-state index contributed by atoms with van der Waals surface area (Å²) in [5.74, 6) is 0. The molecule has 0 amide bonds. The molecule has 0 heterocycles. The molecule has 0 saturated carbocycles. The summed E-state index contributed by atoms with van der Waals surface area (Å²) >= 11 is 0. The van der Waals surface area contributed by atoms with Crippen LogP contribution in [0.5, 0.6) is 0 Å². The largest absolute Gasteiger partial charge is 0.391 e. The first-order valence-electron chi connectivity index (χ1n) is 7.04. The first-order chi connectivity index (χ1) is 7.78. The lowest BCUT2D eigenvalue weighted by Gasteiger charge is -2.36. The third kappa shape index (κ3) is 7.05. The monoisotopic (exact) mass is 244 g/mol. The Labute approximate surface area is 108 Å².